The van der Waals surface area contributed by atoms with E-state index >= 15 is 0 Å². The number of benzene rings is 2. The molecular weight excluding hydrogens is 521 g/mol. The minimum atomic E-state index is -5.87. The van der Waals surface area contributed by atoms with Gasteiger partial charge in [0.2, 0.25) is 5.91 Å². The van der Waals surface area contributed by atoms with Crippen molar-refractivity contribution in [1.82, 2.24) is 10.2 Å². The lowest BCUT2D eigenvalue weighted by Gasteiger charge is -2.38. The van der Waals surface area contributed by atoms with E-state index in [2.05, 4.69) is 9.50 Å². The van der Waals surface area contributed by atoms with Gasteiger partial charge in [-0.15, -0.1) is 0 Å². The number of ether oxygens (including phenoxy) is 1. The minimum Gasteiger partial charge on any atom is -0.481 e. The summed E-state index contributed by atoms with van der Waals surface area (Å²) in [6.07, 6.45) is -1.05. The maximum absolute atomic E-state index is 13.0. The molecule has 3 rings (SSSR count). The number of likely N-dealkylation sites (tertiary alicyclic amines) is 1. The van der Waals surface area contributed by atoms with Crippen LogP contribution in [0.25, 0.3) is 0 Å². The van der Waals surface area contributed by atoms with Gasteiger partial charge in [-0.25, -0.2) is 4.79 Å². The van der Waals surface area contributed by atoms with Crippen molar-refractivity contribution in [2.24, 2.45) is 5.92 Å². The second-order valence-electron chi connectivity index (χ2n) is 8.32. The van der Waals surface area contributed by atoms with E-state index in [1.54, 1.807) is 30.3 Å². The Bertz CT molecular complexity index is 1260. The zero-order valence-electron chi connectivity index (χ0n) is 19.4. The Morgan fingerprint density at radius 2 is 1.76 bits per heavy atom. The maximum atomic E-state index is 13.0. The van der Waals surface area contributed by atoms with Crippen LogP contribution in [0.4, 0.5) is 18.0 Å². The molecule has 0 saturated carbocycles. The number of alkyl carbamates (subject to hydrolysis) is 1. The number of nitrogens with one attached hydrogen (secondary N) is 1. The normalized spacial score (nSPS) is 14.9. The molecular formula is C23H23F3N2O8S. The molecule has 0 radical (unpaired) electrons. The van der Waals surface area contributed by atoms with Gasteiger partial charge in [-0.2, -0.15) is 21.6 Å². The Hall–Kier alpha value is -3.81. The number of hydrogen-bond acceptors (Lipinski definition) is 7. The van der Waals surface area contributed by atoms with Gasteiger partial charge in [-0.3, -0.25) is 9.59 Å². The highest BCUT2D eigenvalue weighted by Gasteiger charge is 2.48. The van der Waals surface area contributed by atoms with E-state index < -0.39 is 51.3 Å². The molecule has 1 heterocycles. The van der Waals surface area contributed by atoms with Crippen LogP contribution in [0.3, 0.4) is 0 Å². The summed E-state index contributed by atoms with van der Waals surface area (Å²) in [5.41, 5.74) is -4.50. The Labute approximate surface area is 210 Å². The fourth-order valence-corrected chi connectivity index (χ4v) is 3.99. The van der Waals surface area contributed by atoms with Crippen LogP contribution in [0, 0.1) is 12.8 Å². The smallest absolute Gasteiger partial charge is 0.481 e. The molecule has 1 atom stereocenters. The van der Waals surface area contributed by atoms with Crippen LogP contribution in [-0.2, 0) is 37.5 Å². The van der Waals surface area contributed by atoms with Crippen molar-refractivity contribution in [3.05, 3.63) is 65.2 Å². The number of halogens is 3. The van der Waals surface area contributed by atoms with E-state index in [9.17, 15) is 36.0 Å². The number of alkyl halides is 3. The predicted molar refractivity (Wildman–Crippen MR) is 122 cm³/mol. The second kappa shape index (κ2) is 11.1. The van der Waals surface area contributed by atoms with Gasteiger partial charge in [0.25, 0.3) is 0 Å². The summed E-state index contributed by atoms with van der Waals surface area (Å²) < 4.78 is 69.8. The van der Waals surface area contributed by atoms with Crippen molar-refractivity contribution in [3.8, 4) is 5.75 Å². The van der Waals surface area contributed by atoms with Crippen LogP contribution in [0.2, 0.25) is 0 Å². The molecule has 2 amide bonds. The van der Waals surface area contributed by atoms with Crippen molar-refractivity contribution in [1.29, 1.82) is 0 Å². The fourth-order valence-electron chi connectivity index (χ4n) is 3.48. The van der Waals surface area contributed by atoms with E-state index in [4.69, 9.17) is 9.84 Å². The van der Waals surface area contributed by atoms with Crippen LogP contribution in [0.15, 0.2) is 48.5 Å². The predicted octanol–water partition coefficient (Wildman–Crippen LogP) is 2.60. The minimum absolute atomic E-state index is 0.0399. The first-order valence-corrected chi connectivity index (χ1v) is 12.3. The molecule has 0 aliphatic carbocycles. The molecule has 1 fully saturated rings. The number of aryl methyl sites for hydroxylation is 1. The lowest BCUT2D eigenvalue weighted by Crippen LogP contribution is -2.59. The number of carboxylic acids is 1. The van der Waals surface area contributed by atoms with Crippen LogP contribution in [0.5, 0.6) is 5.75 Å². The van der Waals surface area contributed by atoms with Crippen LogP contribution < -0.4 is 9.50 Å². The summed E-state index contributed by atoms with van der Waals surface area (Å²) in [4.78, 5) is 37.7. The van der Waals surface area contributed by atoms with Crippen LogP contribution >= 0.6 is 0 Å². The first-order valence-electron chi connectivity index (χ1n) is 10.9. The van der Waals surface area contributed by atoms with Crippen molar-refractivity contribution in [2.45, 2.75) is 31.5 Å². The van der Waals surface area contributed by atoms with Gasteiger partial charge in [0, 0.05) is 19.5 Å². The van der Waals surface area contributed by atoms with Crippen molar-refractivity contribution < 1.29 is 50.0 Å². The quantitative estimate of drug-likeness (QED) is 0.363. The second-order valence-corrected chi connectivity index (χ2v) is 9.86. The lowest BCUT2D eigenvalue weighted by atomic mass is 9.97. The summed E-state index contributed by atoms with van der Waals surface area (Å²) >= 11 is 0. The zero-order chi connectivity index (χ0) is 27.4. The highest BCUT2D eigenvalue weighted by Crippen LogP contribution is 2.29. The van der Waals surface area contributed by atoms with Gasteiger partial charge < -0.3 is 24.2 Å². The lowest BCUT2D eigenvalue weighted by molar-refractivity contribution is -0.153. The molecule has 1 unspecified atom stereocenters. The number of hydrogen-bond donors (Lipinski definition) is 2. The summed E-state index contributed by atoms with van der Waals surface area (Å²) in [6, 6.07) is 11.1. The Kier molecular flexibility index (Phi) is 8.31. The van der Waals surface area contributed by atoms with E-state index in [0.717, 1.165) is 6.07 Å². The van der Waals surface area contributed by atoms with Crippen molar-refractivity contribution in [2.75, 3.05) is 13.1 Å². The number of carboxylic acid groups (broad SMARTS) is 1. The Morgan fingerprint density at radius 3 is 2.32 bits per heavy atom. The number of aliphatic carboxylic acids is 1. The van der Waals surface area contributed by atoms with Gasteiger partial charge in [0.15, 0.2) is 0 Å². The molecule has 37 heavy (non-hydrogen) atoms. The van der Waals surface area contributed by atoms with E-state index in [1.807, 2.05) is 0 Å². The molecule has 2 aromatic rings. The van der Waals surface area contributed by atoms with Gasteiger partial charge in [-0.1, -0.05) is 42.5 Å². The average molecular weight is 545 g/mol. The van der Waals surface area contributed by atoms with Crippen LogP contribution in [0.1, 0.15) is 16.7 Å². The third kappa shape index (κ3) is 7.12. The molecule has 1 aliphatic rings. The van der Waals surface area contributed by atoms with Gasteiger partial charge in [-0.05, 0) is 29.7 Å². The highest BCUT2D eigenvalue weighted by molar-refractivity contribution is 7.88. The van der Waals surface area contributed by atoms with Crippen molar-refractivity contribution >= 4 is 28.1 Å². The molecule has 200 valence electrons. The third-order valence-electron chi connectivity index (χ3n) is 5.51. The topological polar surface area (TPSA) is 139 Å². The molecule has 14 heteroatoms. The fraction of sp³-hybridized carbons (Fsp3) is 0.348. The molecule has 0 aromatic heterocycles. The summed E-state index contributed by atoms with van der Waals surface area (Å²) in [5, 5.41) is 11.5. The molecule has 2 aromatic carbocycles. The molecule has 10 nitrogen and oxygen atoms in total. The molecule has 2 N–H and O–H groups in total. The number of rotatable bonds is 9. The van der Waals surface area contributed by atoms with Gasteiger partial charge in [0.1, 0.15) is 18.4 Å². The SMILES string of the molecule is Cc1cc(CC(NC(=O)OCc2ccccc2)C(=O)N2CC(C(=O)O)C2)ccc1OS(=O)(=O)C(F)(F)F. The number of nitrogens with zero attached hydrogens (tertiary/aromatic N) is 1. The van der Waals surface area contributed by atoms with E-state index in [-0.39, 0.29) is 31.7 Å². The largest absolute Gasteiger partial charge is 0.534 e. The van der Waals surface area contributed by atoms with E-state index in [0.29, 0.717) is 11.1 Å². The standard InChI is InChI=1S/C23H23F3N2O8S/c1-14-9-16(7-8-19(14)36-37(33,34)23(24,25)26)10-18(20(29)28-11-17(12-28)21(30)31)27-22(32)35-13-15-5-3-2-4-6-15/h2-9,17-18H,10-13H2,1H3,(H,27,32)(H,30,31). The number of amides is 2. The first-order chi connectivity index (χ1) is 17.3. The first kappa shape index (κ1) is 27.8. The highest BCUT2D eigenvalue weighted by atomic mass is 32.2. The van der Waals surface area contributed by atoms with Gasteiger partial charge >= 0.3 is 27.7 Å². The van der Waals surface area contributed by atoms with Crippen LogP contribution in [-0.4, -0.2) is 61.0 Å². The van der Waals surface area contributed by atoms with Crippen molar-refractivity contribution in [3.63, 3.8) is 0 Å². The molecule has 0 bridgehead atoms. The average Bonchev–Trinajstić information content (AvgIpc) is 2.77. The Balaban J connectivity index is 1.73. The third-order valence-corrected chi connectivity index (χ3v) is 6.47. The summed E-state index contributed by atoms with van der Waals surface area (Å²) in [7, 11) is -5.87. The maximum Gasteiger partial charge on any atom is 0.534 e. The monoisotopic (exact) mass is 544 g/mol. The van der Waals surface area contributed by atoms with E-state index in [1.165, 1.54) is 24.0 Å². The molecule has 1 aliphatic heterocycles. The zero-order valence-corrected chi connectivity index (χ0v) is 20.2. The Morgan fingerprint density at radius 1 is 1.11 bits per heavy atom. The number of carbonyl (C=O) groups excluding carboxylic acids is 2. The molecule has 1 saturated heterocycles. The van der Waals surface area contributed by atoms with Gasteiger partial charge in [0.05, 0.1) is 5.92 Å². The summed E-state index contributed by atoms with van der Waals surface area (Å²) in [6.45, 7) is 1.15. The number of carbonyl (C=O) groups is 3. The summed E-state index contributed by atoms with van der Waals surface area (Å²) in [5.74, 6) is -2.92. The molecule has 0 spiro atoms.